The standard InChI is InChI=1S/C15H22N2O3/c1-15(2)8-5-9-17(13(15)14(18)19)10-11-6-4-7-12(16-11)20-3/h4,6-7,13H,5,8-10H2,1-3H3,(H,18,19). The predicted molar refractivity (Wildman–Crippen MR) is 75.6 cm³/mol. The van der Waals surface area contributed by atoms with Crippen LogP contribution in [0.25, 0.3) is 0 Å². The van der Waals surface area contributed by atoms with Crippen LogP contribution in [0.1, 0.15) is 32.4 Å². The van der Waals surface area contributed by atoms with E-state index in [-0.39, 0.29) is 5.41 Å². The Hall–Kier alpha value is -1.62. The van der Waals surface area contributed by atoms with Crippen LogP contribution in [0, 0.1) is 5.41 Å². The van der Waals surface area contributed by atoms with Crippen molar-refractivity contribution in [3.05, 3.63) is 23.9 Å². The van der Waals surface area contributed by atoms with Crippen LogP contribution in [-0.4, -0.2) is 40.7 Å². The van der Waals surface area contributed by atoms with Gasteiger partial charge in [0, 0.05) is 12.6 Å². The maximum Gasteiger partial charge on any atom is 0.321 e. The fourth-order valence-corrected chi connectivity index (χ4v) is 3.03. The van der Waals surface area contributed by atoms with E-state index in [1.54, 1.807) is 13.2 Å². The Balaban J connectivity index is 2.19. The molecule has 0 amide bonds. The number of aromatic nitrogens is 1. The van der Waals surface area contributed by atoms with Crippen LogP contribution in [-0.2, 0) is 11.3 Å². The van der Waals surface area contributed by atoms with Crippen molar-refractivity contribution in [2.24, 2.45) is 5.41 Å². The van der Waals surface area contributed by atoms with Crippen molar-refractivity contribution in [2.75, 3.05) is 13.7 Å². The molecule has 1 saturated heterocycles. The van der Waals surface area contributed by atoms with Gasteiger partial charge in [0.2, 0.25) is 5.88 Å². The molecule has 1 atom stereocenters. The summed E-state index contributed by atoms with van der Waals surface area (Å²) in [7, 11) is 1.58. The molecule has 0 bridgehead atoms. The third-order valence-electron chi connectivity index (χ3n) is 3.96. The molecule has 1 aromatic rings. The zero-order chi connectivity index (χ0) is 14.8. The van der Waals surface area contributed by atoms with Crippen molar-refractivity contribution in [3.63, 3.8) is 0 Å². The van der Waals surface area contributed by atoms with Crippen LogP contribution in [0.4, 0.5) is 0 Å². The molecule has 20 heavy (non-hydrogen) atoms. The largest absolute Gasteiger partial charge is 0.481 e. The third-order valence-corrected chi connectivity index (χ3v) is 3.96. The minimum Gasteiger partial charge on any atom is -0.481 e. The Morgan fingerprint density at radius 3 is 2.95 bits per heavy atom. The molecular formula is C15H22N2O3. The fraction of sp³-hybridized carbons (Fsp3) is 0.600. The summed E-state index contributed by atoms with van der Waals surface area (Å²) < 4.78 is 5.11. The molecule has 2 rings (SSSR count). The van der Waals surface area contributed by atoms with E-state index in [9.17, 15) is 9.90 Å². The number of rotatable bonds is 4. The summed E-state index contributed by atoms with van der Waals surface area (Å²) in [5, 5.41) is 9.54. The molecule has 1 unspecified atom stereocenters. The molecule has 0 aromatic carbocycles. The highest BCUT2D eigenvalue weighted by atomic mass is 16.5. The van der Waals surface area contributed by atoms with Crippen molar-refractivity contribution in [3.8, 4) is 5.88 Å². The third kappa shape index (κ3) is 3.10. The second-order valence-electron chi connectivity index (χ2n) is 5.97. The molecule has 1 aliphatic heterocycles. The molecule has 0 spiro atoms. The van der Waals surface area contributed by atoms with Crippen LogP contribution >= 0.6 is 0 Å². The first-order valence-corrected chi connectivity index (χ1v) is 6.91. The summed E-state index contributed by atoms with van der Waals surface area (Å²) in [6, 6.07) is 5.11. The highest BCUT2D eigenvalue weighted by Gasteiger charge is 2.42. The summed E-state index contributed by atoms with van der Waals surface area (Å²) in [6.45, 7) is 5.38. The monoisotopic (exact) mass is 278 g/mol. The Morgan fingerprint density at radius 2 is 2.30 bits per heavy atom. The molecule has 0 saturated carbocycles. The van der Waals surface area contributed by atoms with Gasteiger partial charge in [0.1, 0.15) is 6.04 Å². The van der Waals surface area contributed by atoms with E-state index in [1.807, 2.05) is 30.9 Å². The molecule has 1 fully saturated rings. The summed E-state index contributed by atoms with van der Waals surface area (Å²) >= 11 is 0. The number of hydrogen-bond acceptors (Lipinski definition) is 4. The number of hydrogen-bond donors (Lipinski definition) is 1. The van der Waals surface area contributed by atoms with Gasteiger partial charge in [0.15, 0.2) is 0 Å². The molecular weight excluding hydrogens is 256 g/mol. The molecule has 1 aromatic heterocycles. The number of piperidine rings is 1. The van der Waals surface area contributed by atoms with Gasteiger partial charge in [-0.25, -0.2) is 4.98 Å². The SMILES string of the molecule is COc1cccc(CN2CCCC(C)(C)C2C(=O)O)n1. The summed E-state index contributed by atoms with van der Waals surface area (Å²) in [6.07, 6.45) is 1.95. The smallest absolute Gasteiger partial charge is 0.321 e. The van der Waals surface area contributed by atoms with E-state index in [4.69, 9.17) is 4.74 Å². The Kier molecular flexibility index (Phi) is 4.28. The maximum absolute atomic E-state index is 11.6. The van der Waals surface area contributed by atoms with Crippen LogP contribution in [0.5, 0.6) is 5.88 Å². The number of nitrogens with zero attached hydrogens (tertiary/aromatic N) is 2. The lowest BCUT2D eigenvalue weighted by Gasteiger charge is -2.43. The van der Waals surface area contributed by atoms with E-state index in [2.05, 4.69) is 4.98 Å². The molecule has 5 heteroatoms. The molecule has 1 N–H and O–H groups in total. The van der Waals surface area contributed by atoms with Crippen molar-refractivity contribution in [1.29, 1.82) is 0 Å². The highest BCUT2D eigenvalue weighted by Crippen LogP contribution is 2.35. The van der Waals surface area contributed by atoms with Crippen molar-refractivity contribution < 1.29 is 14.6 Å². The number of likely N-dealkylation sites (tertiary alicyclic amines) is 1. The molecule has 0 radical (unpaired) electrons. The maximum atomic E-state index is 11.6. The highest BCUT2D eigenvalue weighted by molar-refractivity contribution is 5.74. The van der Waals surface area contributed by atoms with E-state index < -0.39 is 12.0 Å². The molecule has 5 nitrogen and oxygen atoms in total. The number of carboxylic acid groups (broad SMARTS) is 1. The Bertz CT molecular complexity index is 488. The second kappa shape index (κ2) is 5.79. The van der Waals surface area contributed by atoms with E-state index >= 15 is 0 Å². The molecule has 0 aliphatic carbocycles. The molecule has 110 valence electrons. The van der Waals surface area contributed by atoms with Crippen LogP contribution in [0.3, 0.4) is 0 Å². The predicted octanol–water partition coefficient (Wildman–Crippen LogP) is 2.17. The summed E-state index contributed by atoms with van der Waals surface area (Å²) in [5.41, 5.74) is 0.622. The van der Waals surface area contributed by atoms with Gasteiger partial charge >= 0.3 is 5.97 Å². The number of pyridine rings is 1. The first-order valence-electron chi connectivity index (χ1n) is 6.91. The quantitative estimate of drug-likeness (QED) is 0.914. The van der Waals surface area contributed by atoms with Gasteiger partial charge in [-0.1, -0.05) is 19.9 Å². The first kappa shape index (κ1) is 14.8. The van der Waals surface area contributed by atoms with E-state index in [0.717, 1.165) is 25.1 Å². The number of carboxylic acids is 1. The Morgan fingerprint density at radius 1 is 1.55 bits per heavy atom. The van der Waals surface area contributed by atoms with Gasteiger partial charge < -0.3 is 9.84 Å². The second-order valence-corrected chi connectivity index (χ2v) is 5.97. The topological polar surface area (TPSA) is 62.7 Å². The summed E-state index contributed by atoms with van der Waals surface area (Å²) in [5.74, 6) is -0.191. The summed E-state index contributed by atoms with van der Waals surface area (Å²) in [4.78, 5) is 18.0. The molecule has 2 heterocycles. The minimum atomic E-state index is -0.752. The van der Waals surface area contributed by atoms with Gasteiger partial charge in [0.05, 0.1) is 12.8 Å². The van der Waals surface area contributed by atoms with Crippen molar-refractivity contribution >= 4 is 5.97 Å². The normalized spacial score (nSPS) is 22.4. The number of ether oxygens (including phenoxy) is 1. The first-order chi connectivity index (χ1) is 9.44. The number of carbonyl (C=O) groups is 1. The van der Waals surface area contributed by atoms with Gasteiger partial charge in [0.25, 0.3) is 0 Å². The number of methoxy groups -OCH3 is 1. The van der Waals surface area contributed by atoms with E-state index in [0.29, 0.717) is 12.4 Å². The van der Waals surface area contributed by atoms with Crippen LogP contribution < -0.4 is 4.74 Å². The van der Waals surface area contributed by atoms with Crippen molar-refractivity contribution in [2.45, 2.75) is 39.3 Å². The minimum absolute atomic E-state index is 0.219. The van der Waals surface area contributed by atoms with Gasteiger partial charge in [-0.15, -0.1) is 0 Å². The number of aliphatic carboxylic acids is 1. The average Bonchev–Trinajstić information content (AvgIpc) is 2.37. The lowest BCUT2D eigenvalue weighted by molar-refractivity contribution is -0.151. The lowest BCUT2D eigenvalue weighted by Crippen LogP contribution is -2.53. The lowest BCUT2D eigenvalue weighted by atomic mass is 9.76. The van der Waals surface area contributed by atoms with Crippen LogP contribution in [0.15, 0.2) is 18.2 Å². The van der Waals surface area contributed by atoms with Crippen LogP contribution in [0.2, 0.25) is 0 Å². The molecule has 1 aliphatic rings. The zero-order valence-corrected chi connectivity index (χ0v) is 12.3. The zero-order valence-electron chi connectivity index (χ0n) is 12.3. The van der Waals surface area contributed by atoms with E-state index in [1.165, 1.54) is 0 Å². The van der Waals surface area contributed by atoms with Gasteiger partial charge in [-0.05, 0) is 30.9 Å². The van der Waals surface area contributed by atoms with Gasteiger partial charge in [-0.2, -0.15) is 0 Å². The van der Waals surface area contributed by atoms with Gasteiger partial charge in [-0.3, -0.25) is 9.69 Å². The Labute approximate surface area is 119 Å². The van der Waals surface area contributed by atoms with Crippen molar-refractivity contribution in [1.82, 2.24) is 9.88 Å². The average molecular weight is 278 g/mol. The fourth-order valence-electron chi connectivity index (χ4n) is 3.03.